The van der Waals surface area contributed by atoms with Crippen molar-refractivity contribution in [3.63, 3.8) is 0 Å². The number of hydrogen-bond acceptors (Lipinski definition) is 1. The number of anilines is 3. The fourth-order valence-electron chi connectivity index (χ4n) is 8.51. The van der Waals surface area contributed by atoms with Crippen LogP contribution in [-0.4, -0.2) is 0 Å². The van der Waals surface area contributed by atoms with Crippen LogP contribution in [0.4, 0.5) is 17.1 Å². The minimum atomic E-state index is -0.413. The van der Waals surface area contributed by atoms with Gasteiger partial charge in [-0.25, -0.2) is 0 Å². The summed E-state index contributed by atoms with van der Waals surface area (Å²) >= 11 is 0. The molecule has 0 bridgehead atoms. The second kappa shape index (κ2) is 12.3. The molecule has 0 N–H and O–H groups in total. The highest BCUT2D eigenvalue weighted by Crippen LogP contribution is 2.57. The number of fused-ring (bicyclic) bond motifs is 5. The van der Waals surface area contributed by atoms with E-state index in [9.17, 15) is 0 Å². The smallest absolute Gasteiger partial charge is 0.0713 e. The molecule has 9 aromatic rings. The van der Waals surface area contributed by atoms with Gasteiger partial charge in [-0.05, 0) is 121 Å². The first kappa shape index (κ1) is 30.2. The number of rotatable bonds is 6. The molecular weight excluding hydrogens is 627 g/mol. The van der Waals surface area contributed by atoms with Gasteiger partial charge in [0.1, 0.15) is 0 Å². The van der Waals surface area contributed by atoms with Crippen LogP contribution in [0, 0.1) is 0 Å². The lowest BCUT2D eigenvalue weighted by Gasteiger charge is -2.34. The van der Waals surface area contributed by atoms with Crippen LogP contribution in [0.15, 0.2) is 212 Å². The third kappa shape index (κ3) is 4.78. The van der Waals surface area contributed by atoms with E-state index < -0.39 is 5.41 Å². The fraction of sp³-hybridized carbons (Fsp3) is 0.0196. The van der Waals surface area contributed by atoms with Gasteiger partial charge in [-0.3, -0.25) is 0 Å². The molecule has 0 saturated carbocycles. The average molecular weight is 662 g/mol. The van der Waals surface area contributed by atoms with E-state index in [1.807, 2.05) is 0 Å². The van der Waals surface area contributed by atoms with Crippen LogP contribution in [0.5, 0.6) is 0 Å². The molecule has 1 aliphatic rings. The zero-order valence-electron chi connectivity index (χ0n) is 28.7. The van der Waals surface area contributed by atoms with Crippen molar-refractivity contribution in [3.05, 3.63) is 235 Å². The van der Waals surface area contributed by atoms with Crippen molar-refractivity contribution in [2.45, 2.75) is 5.41 Å². The average Bonchev–Trinajstić information content (AvgIpc) is 3.51. The number of hydrogen-bond donors (Lipinski definition) is 0. The third-order valence-corrected chi connectivity index (χ3v) is 10.9. The van der Waals surface area contributed by atoms with Crippen LogP contribution >= 0.6 is 0 Å². The lowest BCUT2D eigenvalue weighted by atomic mass is 9.67. The molecule has 0 saturated heterocycles. The van der Waals surface area contributed by atoms with Crippen LogP contribution in [0.2, 0.25) is 0 Å². The first-order valence-electron chi connectivity index (χ1n) is 18.0. The summed E-state index contributed by atoms with van der Waals surface area (Å²) in [5, 5.41) is 4.96. The minimum Gasteiger partial charge on any atom is -0.310 e. The Bertz CT molecular complexity index is 2670. The Kier molecular flexibility index (Phi) is 7.11. The maximum Gasteiger partial charge on any atom is 0.0713 e. The van der Waals surface area contributed by atoms with Crippen molar-refractivity contribution in [2.75, 3.05) is 4.90 Å². The van der Waals surface area contributed by atoms with Crippen molar-refractivity contribution < 1.29 is 0 Å². The molecule has 10 rings (SSSR count). The molecule has 9 aromatic carbocycles. The Labute approximate surface area is 304 Å². The van der Waals surface area contributed by atoms with Gasteiger partial charge < -0.3 is 4.90 Å². The molecule has 52 heavy (non-hydrogen) atoms. The second-order valence-corrected chi connectivity index (χ2v) is 13.7. The van der Waals surface area contributed by atoms with Gasteiger partial charge in [0.15, 0.2) is 0 Å². The monoisotopic (exact) mass is 661 g/mol. The molecule has 0 heterocycles. The normalized spacial score (nSPS) is 12.8. The molecule has 0 aliphatic heterocycles. The van der Waals surface area contributed by atoms with Crippen molar-refractivity contribution in [1.82, 2.24) is 0 Å². The standard InChI is InChI=1S/C51H35N/c1-4-16-42(17-5-1)51(43-18-6-2-7-19-43)49-23-13-12-22-47(49)48-34-41-33-46(31-28-40(41)35-50(48)51)52(44-20-8-3-9-21-44)45-29-26-37(27-30-45)39-25-24-36-14-10-11-15-38(36)32-39/h1-35H. The minimum absolute atomic E-state index is 0.413. The van der Waals surface area contributed by atoms with Crippen LogP contribution in [0.3, 0.4) is 0 Å². The molecule has 1 nitrogen and oxygen atoms in total. The summed E-state index contributed by atoms with van der Waals surface area (Å²) < 4.78 is 0. The van der Waals surface area contributed by atoms with E-state index in [0.29, 0.717) is 0 Å². The fourth-order valence-corrected chi connectivity index (χ4v) is 8.51. The SMILES string of the molecule is c1ccc(N(c2ccc(-c3ccc4ccccc4c3)cc2)c2ccc3cc4c(cc3c2)-c2ccccc2C4(c2ccccc2)c2ccccc2)cc1. The number of para-hydroxylation sites is 1. The molecule has 244 valence electrons. The van der Waals surface area contributed by atoms with Gasteiger partial charge in [-0.15, -0.1) is 0 Å². The van der Waals surface area contributed by atoms with Crippen molar-refractivity contribution >= 4 is 38.6 Å². The topological polar surface area (TPSA) is 3.24 Å². The van der Waals surface area contributed by atoms with E-state index in [-0.39, 0.29) is 0 Å². The Hall–Kier alpha value is -6.70. The molecule has 0 unspecified atom stereocenters. The predicted octanol–water partition coefficient (Wildman–Crippen LogP) is 13.5. The van der Waals surface area contributed by atoms with E-state index in [0.717, 1.165) is 17.1 Å². The Morgan fingerprint density at radius 1 is 0.288 bits per heavy atom. The van der Waals surface area contributed by atoms with Crippen molar-refractivity contribution in [2.24, 2.45) is 0 Å². The summed E-state index contributed by atoms with van der Waals surface area (Å²) in [5.41, 5.74) is 13.2. The lowest BCUT2D eigenvalue weighted by Crippen LogP contribution is -2.28. The first-order chi connectivity index (χ1) is 25.8. The Balaban J connectivity index is 1.12. The quantitative estimate of drug-likeness (QED) is 0.171. The summed E-state index contributed by atoms with van der Waals surface area (Å²) in [7, 11) is 0. The molecule has 0 fully saturated rings. The van der Waals surface area contributed by atoms with E-state index in [4.69, 9.17) is 0 Å². The van der Waals surface area contributed by atoms with E-state index in [1.54, 1.807) is 0 Å². The zero-order chi connectivity index (χ0) is 34.5. The van der Waals surface area contributed by atoms with E-state index >= 15 is 0 Å². The molecule has 0 spiro atoms. The summed E-state index contributed by atoms with van der Waals surface area (Å²) in [5.74, 6) is 0. The molecule has 1 aliphatic carbocycles. The highest BCUT2D eigenvalue weighted by Gasteiger charge is 2.46. The zero-order valence-corrected chi connectivity index (χ0v) is 28.7. The summed E-state index contributed by atoms with van der Waals surface area (Å²) in [6.07, 6.45) is 0. The van der Waals surface area contributed by atoms with Gasteiger partial charge in [-0.2, -0.15) is 0 Å². The Morgan fingerprint density at radius 2 is 0.827 bits per heavy atom. The number of benzene rings is 9. The summed E-state index contributed by atoms with van der Waals surface area (Å²) in [6.45, 7) is 0. The van der Waals surface area contributed by atoms with Gasteiger partial charge in [0.25, 0.3) is 0 Å². The highest BCUT2D eigenvalue weighted by molar-refractivity contribution is 5.98. The van der Waals surface area contributed by atoms with E-state index in [2.05, 4.69) is 217 Å². The van der Waals surface area contributed by atoms with Crippen LogP contribution in [0.1, 0.15) is 22.3 Å². The van der Waals surface area contributed by atoms with Crippen molar-refractivity contribution in [1.29, 1.82) is 0 Å². The van der Waals surface area contributed by atoms with Gasteiger partial charge in [0.05, 0.1) is 5.41 Å². The van der Waals surface area contributed by atoms with Crippen LogP contribution in [0.25, 0.3) is 43.8 Å². The van der Waals surface area contributed by atoms with Crippen LogP contribution < -0.4 is 4.90 Å². The van der Waals surface area contributed by atoms with Crippen LogP contribution in [-0.2, 0) is 5.41 Å². The second-order valence-electron chi connectivity index (χ2n) is 13.7. The molecule has 0 amide bonds. The molecule has 0 radical (unpaired) electrons. The van der Waals surface area contributed by atoms with Crippen molar-refractivity contribution in [3.8, 4) is 22.3 Å². The van der Waals surface area contributed by atoms with E-state index in [1.165, 1.54) is 66.1 Å². The lowest BCUT2D eigenvalue weighted by molar-refractivity contribution is 0.769. The predicted molar refractivity (Wildman–Crippen MR) is 219 cm³/mol. The van der Waals surface area contributed by atoms with Gasteiger partial charge in [-0.1, -0.05) is 158 Å². The molecule has 0 atom stereocenters. The third-order valence-electron chi connectivity index (χ3n) is 10.9. The highest BCUT2D eigenvalue weighted by atomic mass is 15.1. The largest absolute Gasteiger partial charge is 0.310 e. The molecule has 1 heteroatoms. The first-order valence-corrected chi connectivity index (χ1v) is 18.0. The summed E-state index contributed by atoms with van der Waals surface area (Å²) in [6, 6.07) is 77.7. The Morgan fingerprint density at radius 3 is 1.56 bits per heavy atom. The maximum absolute atomic E-state index is 2.44. The maximum atomic E-state index is 2.44. The summed E-state index contributed by atoms with van der Waals surface area (Å²) in [4.78, 5) is 2.36. The van der Waals surface area contributed by atoms with Gasteiger partial charge in [0, 0.05) is 17.1 Å². The molecule has 0 aromatic heterocycles. The molecular formula is C51H35N. The van der Waals surface area contributed by atoms with Gasteiger partial charge >= 0.3 is 0 Å². The number of nitrogens with zero attached hydrogens (tertiary/aromatic N) is 1. The van der Waals surface area contributed by atoms with Gasteiger partial charge in [0.2, 0.25) is 0 Å².